The van der Waals surface area contributed by atoms with Crippen molar-refractivity contribution in [3.63, 3.8) is 0 Å². The van der Waals surface area contributed by atoms with Gasteiger partial charge in [0.15, 0.2) is 0 Å². The maximum atomic E-state index is 5.80. The van der Waals surface area contributed by atoms with Crippen molar-refractivity contribution in [3.8, 4) is 0 Å². The van der Waals surface area contributed by atoms with Crippen LogP contribution in [0.2, 0.25) is 0 Å². The van der Waals surface area contributed by atoms with Gasteiger partial charge in [-0.25, -0.2) is 0 Å². The lowest BCUT2D eigenvalue weighted by Crippen LogP contribution is -2.51. The Morgan fingerprint density at radius 2 is 1.71 bits per heavy atom. The molecule has 0 unspecified atom stereocenters. The van der Waals surface area contributed by atoms with E-state index in [1.165, 1.54) is 19.4 Å². The third kappa shape index (κ3) is 4.23. The molecule has 0 aromatic rings. The first-order valence-electron chi connectivity index (χ1n) is 7.07. The van der Waals surface area contributed by atoms with Gasteiger partial charge in [-0.05, 0) is 39.2 Å². The van der Waals surface area contributed by atoms with Crippen molar-refractivity contribution in [2.24, 2.45) is 5.41 Å². The van der Waals surface area contributed by atoms with Gasteiger partial charge in [-0.2, -0.15) is 0 Å². The van der Waals surface area contributed by atoms with Gasteiger partial charge in [0, 0.05) is 26.2 Å². The topological polar surface area (TPSA) is 24.5 Å². The zero-order valence-corrected chi connectivity index (χ0v) is 12.3. The van der Waals surface area contributed by atoms with E-state index in [2.05, 4.69) is 45.0 Å². The Kier molecular flexibility index (Phi) is 5.90. The molecule has 2 atom stereocenters. The average Bonchev–Trinajstić information content (AvgIpc) is 2.27. The highest BCUT2D eigenvalue weighted by Gasteiger charge is 2.31. The van der Waals surface area contributed by atoms with Crippen LogP contribution in [0.5, 0.6) is 0 Å². The van der Waals surface area contributed by atoms with E-state index in [-0.39, 0.29) is 0 Å². The summed E-state index contributed by atoms with van der Waals surface area (Å²) in [6.45, 7) is 13.5. The summed E-state index contributed by atoms with van der Waals surface area (Å²) in [6.07, 6.45) is 3.23. The predicted molar refractivity (Wildman–Crippen MR) is 73.4 cm³/mol. The molecule has 1 aliphatic heterocycles. The Balaban J connectivity index is 2.59. The predicted octanol–water partition coefficient (Wildman–Crippen LogP) is 2.12. The molecule has 0 saturated carbocycles. The zero-order valence-electron chi connectivity index (χ0n) is 12.3. The maximum absolute atomic E-state index is 5.80. The van der Waals surface area contributed by atoms with Crippen molar-refractivity contribution < 1.29 is 4.74 Å². The second kappa shape index (κ2) is 6.72. The van der Waals surface area contributed by atoms with E-state index in [4.69, 9.17) is 4.74 Å². The second-order valence-electron chi connectivity index (χ2n) is 5.69. The molecule has 17 heavy (non-hydrogen) atoms. The first kappa shape index (κ1) is 14.9. The maximum Gasteiger partial charge on any atom is 0.0678 e. The molecule has 0 radical (unpaired) electrons. The van der Waals surface area contributed by atoms with Crippen LogP contribution in [-0.4, -0.2) is 50.3 Å². The van der Waals surface area contributed by atoms with Gasteiger partial charge in [-0.15, -0.1) is 0 Å². The van der Waals surface area contributed by atoms with Crippen molar-refractivity contribution in [1.82, 2.24) is 10.2 Å². The minimum atomic E-state index is 0.375. The lowest BCUT2D eigenvalue weighted by atomic mass is 9.81. The van der Waals surface area contributed by atoms with Crippen LogP contribution >= 0.6 is 0 Å². The van der Waals surface area contributed by atoms with Crippen LogP contribution in [0.1, 0.15) is 40.5 Å². The summed E-state index contributed by atoms with van der Waals surface area (Å²) in [5, 5.41) is 3.36. The van der Waals surface area contributed by atoms with E-state index >= 15 is 0 Å². The minimum absolute atomic E-state index is 0.375. The first-order valence-corrected chi connectivity index (χ1v) is 7.07. The van der Waals surface area contributed by atoms with E-state index in [0.29, 0.717) is 17.6 Å². The molecular weight excluding hydrogens is 212 g/mol. The molecule has 0 amide bonds. The van der Waals surface area contributed by atoms with Crippen LogP contribution in [0.4, 0.5) is 0 Å². The minimum Gasteiger partial charge on any atom is -0.373 e. The van der Waals surface area contributed by atoms with Crippen molar-refractivity contribution in [1.29, 1.82) is 0 Å². The van der Waals surface area contributed by atoms with Gasteiger partial charge in [0.25, 0.3) is 0 Å². The molecule has 0 spiro atoms. The van der Waals surface area contributed by atoms with Gasteiger partial charge in [-0.1, -0.05) is 13.8 Å². The van der Waals surface area contributed by atoms with Crippen LogP contribution in [0.15, 0.2) is 0 Å². The summed E-state index contributed by atoms with van der Waals surface area (Å²) in [7, 11) is 2.06. The lowest BCUT2D eigenvalue weighted by Gasteiger charge is -2.42. The van der Waals surface area contributed by atoms with Gasteiger partial charge in [0.1, 0.15) is 0 Å². The fraction of sp³-hybridized carbons (Fsp3) is 1.00. The number of rotatable bonds is 6. The third-order valence-corrected chi connectivity index (χ3v) is 4.11. The molecule has 1 aliphatic rings. The molecule has 0 aliphatic carbocycles. The molecule has 3 heteroatoms. The molecule has 3 nitrogen and oxygen atoms in total. The number of hydrogen-bond donors (Lipinski definition) is 1. The summed E-state index contributed by atoms with van der Waals surface area (Å²) in [5.41, 5.74) is 0.422. The fourth-order valence-electron chi connectivity index (χ4n) is 3.04. The number of morpholine rings is 1. The van der Waals surface area contributed by atoms with Crippen LogP contribution in [-0.2, 0) is 4.74 Å². The second-order valence-corrected chi connectivity index (χ2v) is 5.69. The standard InChI is InChI=1S/C14H30N2O/c1-6-14(7-2,10-15-5)11-16-8-12(3)17-13(4)9-16/h12-13,15H,6-11H2,1-5H3/t12-,13+. The van der Waals surface area contributed by atoms with Crippen molar-refractivity contribution >= 4 is 0 Å². The first-order chi connectivity index (χ1) is 8.05. The van der Waals surface area contributed by atoms with Crippen LogP contribution in [0.25, 0.3) is 0 Å². The fourth-order valence-corrected chi connectivity index (χ4v) is 3.04. The molecule has 1 saturated heterocycles. The molecule has 1 rings (SSSR count). The molecule has 1 heterocycles. The Bertz CT molecular complexity index is 206. The number of nitrogens with one attached hydrogen (secondary N) is 1. The molecule has 1 N–H and O–H groups in total. The van der Waals surface area contributed by atoms with Gasteiger partial charge < -0.3 is 10.1 Å². The number of hydrogen-bond acceptors (Lipinski definition) is 3. The highest BCUT2D eigenvalue weighted by Crippen LogP contribution is 2.28. The highest BCUT2D eigenvalue weighted by molar-refractivity contribution is 4.85. The van der Waals surface area contributed by atoms with Crippen molar-refractivity contribution in [2.45, 2.75) is 52.7 Å². The Hall–Kier alpha value is -0.120. The molecular formula is C14H30N2O. The summed E-state index contributed by atoms with van der Waals surface area (Å²) in [4.78, 5) is 2.59. The number of nitrogens with zero attached hydrogens (tertiary/aromatic N) is 1. The SMILES string of the molecule is CCC(CC)(CNC)CN1C[C@@H](C)O[C@@H](C)C1. The normalized spacial score (nSPS) is 27.4. The molecule has 0 bridgehead atoms. The van der Waals surface area contributed by atoms with E-state index in [1.807, 2.05) is 0 Å². The lowest BCUT2D eigenvalue weighted by molar-refractivity contribution is -0.0782. The Morgan fingerprint density at radius 3 is 2.12 bits per heavy atom. The molecule has 102 valence electrons. The number of ether oxygens (including phenoxy) is 1. The highest BCUT2D eigenvalue weighted by atomic mass is 16.5. The Morgan fingerprint density at radius 1 is 1.18 bits per heavy atom. The largest absolute Gasteiger partial charge is 0.373 e. The van der Waals surface area contributed by atoms with Crippen molar-refractivity contribution in [2.75, 3.05) is 33.2 Å². The molecule has 1 fully saturated rings. The van der Waals surface area contributed by atoms with Gasteiger partial charge >= 0.3 is 0 Å². The van der Waals surface area contributed by atoms with E-state index < -0.39 is 0 Å². The monoisotopic (exact) mass is 242 g/mol. The molecule has 0 aromatic carbocycles. The van der Waals surface area contributed by atoms with Crippen LogP contribution in [0, 0.1) is 5.41 Å². The Labute approximate surface area is 107 Å². The zero-order chi connectivity index (χ0) is 12.9. The average molecular weight is 242 g/mol. The smallest absolute Gasteiger partial charge is 0.0678 e. The summed E-state index contributed by atoms with van der Waals surface area (Å²) >= 11 is 0. The van der Waals surface area contributed by atoms with Gasteiger partial charge in [0.05, 0.1) is 12.2 Å². The summed E-state index contributed by atoms with van der Waals surface area (Å²) in [5.74, 6) is 0. The van der Waals surface area contributed by atoms with E-state index in [0.717, 1.165) is 19.6 Å². The van der Waals surface area contributed by atoms with Gasteiger partial charge in [-0.3, -0.25) is 4.90 Å². The third-order valence-electron chi connectivity index (χ3n) is 4.11. The van der Waals surface area contributed by atoms with E-state index in [9.17, 15) is 0 Å². The van der Waals surface area contributed by atoms with Crippen LogP contribution in [0.3, 0.4) is 0 Å². The quantitative estimate of drug-likeness (QED) is 0.772. The summed E-state index contributed by atoms with van der Waals surface area (Å²) in [6, 6.07) is 0. The van der Waals surface area contributed by atoms with Crippen molar-refractivity contribution in [3.05, 3.63) is 0 Å². The summed E-state index contributed by atoms with van der Waals surface area (Å²) < 4.78 is 5.80. The molecule has 0 aromatic heterocycles. The van der Waals surface area contributed by atoms with E-state index in [1.54, 1.807) is 0 Å². The van der Waals surface area contributed by atoms with Crippen LogP contribution < -0.4 is 5.32 Å². The van der Waals surface area contributed by atoms with Gasteiger partial charge in [0.2, 0.25) is 0 Å².